The summed E-state index contributed by atoms with van der Waals surface area (Å²) in [4.78, 5) is 44.7. The molecule has 0 aliphatic carbocycles. The summed E-state index contributed by atoms with van der Waals surface area (Å²) in [6, 6.07) is 6.34. The zero-order valence-electron chi connectivity index (χ0n) is 29.5. The highest BCUT2D eigenvalue weighted by molar-refractivity contribution is 7.88. The van der Waals surface area contributed by atoms with Crippen LogP contribution in [-0.4, -0.2) is 111 Å². The van der Waals surface area contributed by atoms with Gasteiger partial charge in [-0.2, -0.15) is 22.6 Å². The molecule has 1 aromatic carbocycles. The number of anilines is 1. The SMILES string of the molecule is CC(=O)Nc1cc(C(=O)NCc2cc(-c3nn(CC(O)CN4CCC(N5CCCC5=O)CC4)c4c3CN(S(C)(=O)=O)CC4)ccc2C(F)(F)F)ccn1. The minimum Gasteiger partial charge on any atom is -0.390 e. The number of likely N-dealkylation sites (tertiary alicyclic amines) is 2. The van der Waals surface area contributed by atoms with Gasteiger partial charge in [0.25, 0.3) is 5.91 Å². The second kappa shape index (κ2) is 15.5. The Morgan fingerprint density at radius 3 is 2.47 bits per heavy atom. The minimum atomic E-state index is -4.75. The molecule has 1 unspecified atom stereocenters. The molecule has 0 bridgehead atoms. The number of carbonyl (C=O) groups excluding carboxylic acids is 3. The molecule has 2 saturated heterocycles. The summed E-state index contributed by atoms with van der Waals surface area (Å²) in [6.45, 7) is 3.57. The topological polar surface area (TPSA) is 170 Å². The largest absolute Gasteiger partial charge is 0.416 e. The van der Waals surface area contributed by atoms with Gasteiger partial charge in [0, 0.05) is 100 Å². The van der Waals surface area contributed by atoms with Crippen molar-refractivity contribution in [2.75, 3.05) is 44.3 Å². The molecule has 18 heteroatoms. The van der Waals surface area contributed by atoms with Crippen LogP contribution in [0, 0.1) is 0 Å². The molecule has 3 amide bonds. The molecule has 5 heterocycles. The average molecular weight is 761 g/mol. The summed E-state index contributed by atoms with van der Waals surface area (Å²) in [5.74, 6) is -0.791. The molecule has 0 spiro atoms. The molecular formula is C35H43F3N8O6S. The number of nitrogens with one attached hydrogen (secondary N) is 2. The summed E-state index contributed by atoms with van der Waals surface area (Å²) in [7, 11) is -3.61. The fourth-order valence-corrected chi connectivity index (χ4v) is 8.20. The molecule has 1 atom stereocenters. The first-order valence-corrected chi connectivity index (χ1v) is 19.4. The number of halogens is 3. The normalized spacial score (nSPS) is 18.2. The van der Waals surface area contributed by atoms with Crippen LogP contribution in [-0.2, 0) is 51.8 Å². The van der Waals surface area contributed by atoms with Crippen LogP contribution in [0.3, 0.4) is 0 Å². The first-order chi connectivity index (χ1) is 25.1. The van der Waals surface area contributed by atoms with Crippen molar-refractivity contribution in [3.63, 3.8) is 0 Å². The number of carbonyl (C=O) groups is 3. The molecule has 2 aromatic heterocycles. The number of aliphatic hydroxyl groups is 1. The Balaban J connectivity index is 1.23. The minimum absolute atomic E-state index is 0.0475. The van der Waals surface area contributed by atoms with Gasteiger partial charge in [0.15, 0.2) is 0 Å². The monoisotopic (exact) mass is 760 g/mol. The van der Waals surface area contributed by atoms with E-state index in [4.69, 9.17) is 5.10 Å². The third-order valence-corrected chi connectivity index (χ3v) is 11.2. The van der Waals surface area contributed by atoms with Crippen LogP contribution in [0.15, 0.2) is 36.5 Å². The molecule has 3 N–H and O–H groups in total. The molecule has 53 heavy (non-hydrogen) atoms. The highest BCUT2D eigenvalue weighted by Crippen LogP contribution is 2.37. The third-order valence-electron chi connectivity index (χ3n) is 9.98. The Morgan fingerprint density at radius 2 is 1.81 bits per heavy atom. The molecule has 0 radical (unpaired) electrons. The van der Waals surface area contributed by atoms with Crippen molar-refractivity contribution < 1.29 is 41.1 Å². The number of hydrogen-bond donors (Lipinski definition) is 3. The van der Waals surface area contributed by atoms with Gasteiger partial charge in [-0.05, 0) is 49.1 Å². The van der Waals surface area contributed by atoms with Crippen LogP contribution < -0.4 is 10.6 Å². The van der Waals surface area contributed by atoms with Crippen molar-refractivity contribution in [2.24, 2.45) is 0 Å². The highest BCUT2D eigenvalue weighted by Gasteiger charge is 2.36. The summed E-state index contributed by atoms with van der Waals surface area (Å²) in [5, 5.41) is 20.9. The molecule has 3 aliphatic heterocycles. The van der Waals surface area contributed by atoms with Crippen LogP contribution in [0.2, 0.25) is 0 Å². The third kappa shape index (κ3) is 9.05. The maximum Gasteiger partial charge on any atom is 0.416 e. The molecule has 0 saturated carbocycles. The molecule has 3 aliphatic rings. The lowest BCUT2D eigenvalue weighted by atomic mass is 9.97. The number of rotatable bonds is 11. The van der Waals surface area contributed by atoms with Crippen LogP contribution in [0.5, 0.6) is 0 Å². The van der Waals surface area contributed by atoms with Gasteiger partial charge in [-0.1, -0.05) is 6.07 Å². The number of nitrogens with zero attached hydrogens (tertiary/aromatic N) is 6. The summed E-state index contributed by atoms with van der Waals surface area (Å²) in [6.07, 6.45) is 0.190. The number of fused-ring (bicyclic) bond motifs is 1. The van der Waals surface area contributed by atoms with Gasteiger partial charge < -0.3 is 25.5 Å². The number of aromatic nitrogens is 3. The fourth-order valence-electron chi connectivity index (χ4n) is 7.42. The predicted molar refractivity (Wildman–Crippen MR) is 188 cm³/mol. The van der Waals surface area contributed by atoms with E-state index in [2.05, 4.69) is 20.5 Å². The van der Waals surface area contributed by atoms with Crippen molar-refractivity contribution in [2.45, 2.75) is 77.0 Å². The average Bonchev–Trinajstić information content (AvgIpc) is 3.69. The Kier molecular flexibility index (Phi) is 11.2. The van der Waals surface area contributed by atoms with Gasteiger partial charge in [-0.3, -0.25) is 19.1 Å². The van der Waals surface area contributed by atoms with Crippen molar-refractivity contribution in [1.82, 2.24) is 34.2 Å². The zero-order chi connectivity index (χ0) is 38.1. The Labute approximate surface area is 305 Å². The lowest BCUT2D eigenvalue weighted by molar-refractivity contribution is -0.138. The van der Waals surface area contributed by atoms with E-state index in [9.17, 15) is 41.1 Å². The second-order valence-corrected chi connectivity index (χ2v) is 15.8. The van der Waals surface area contributed by atoms with Crippen LogP contribution >= 0.6 is 0 Å². The Bertz CT molecular complexity index is 1980. The number of aliphatic hydroxyl groups excluding tert-OH is 1. The summed E-state index contributed by atoms with van der Waals surface area (Å²) >= 11 is 0. The predicted octanol–water partition coefficient (Wildman–Crippen LogP) is 2.62. The fraction of sp³-hybridized carbons (Fsp3) is 0.514. The van der Waals surface area contributed by atoms with Crippen LogP contribution in [0.4, 0.5) is 19.0 Å². The van der Waals surface area contributed by atoms with Gasteiger partial charge in [-0.15, -0.1) is 0 Å². The number of benzene rings is 1. The second-order valence-electron chi connectivity index (χ2n) is 13.8. The Hall–Kier alpha value is -4.39. The molecule has 3 aromatic rings. The highest BCUT2D eigenvalue weighted by atomic mass is 32.2. The number of sulfonamides is 1. The molecule has 2 fully saturated rings. The number of alkyl halides is 3. The van der Waals surface area contributed by atoms with Gasteiger partial charge in [-0.25, -0.2) is 13.4 Å². The molecular weight excluding hydrogens is 717 g/mol. The lowest BCUT2D eigenvalue weighted by Crippen LogP contribution is -2.47. The Morgan fingerprint density at radius 1 is 1.06 bits per heavy atom. The number of pyridine rings is 1. The summed E-state index contributed by atoms with van der Waals surface area (Å²) < 4.78 is 70.7. The van der Waals surface area contributed by atoms with E-state index < -0.39 is 46.2 Å². The lowest BCUT2D eigenvalue weighted by Gasteiger charge is -2.37. The number of amides is 3. The van der Waals surface area contributed by atoms with Gasteiger partial charge in [0.1, 0.15) is 5.82 Å². The van der Waals surface area contributed by atoms with E-state index in [0.717, 1.165) is 51.2 Å². The maximum absolute atomic E-state index is 14.2. The molecule has 6 rings (SSSR count). The number of β-amino-alcohol motifs (C(OH)–C–C–N with tert-alkyl or cyclic N) is 1. The first-order valence-electron chi connectivity index (χ1n) is 17.5. The smallest absolute Gasteiger partial charge is 0.390 e. The van der Waals surface area contributed by atoms with E-state index in [1.807, 2.05) is 4.90 Å². The van der Waals surface area contributed by atoms with E-state index in [0.29, 0.717) is 24.2 Å². The van der Waals surface area contributed by atoms with E-state index in [1.54, 1.807) is 4.68 Å². The molecule has 14 nitrogen and oxygen atoms in total. The first kappa shape index (κ1) is 38.3. The van der Waals surface area contributed by atoms with Gasteiger partial charge in [0.05, 0.1) is 30.2 Å². The van der Waals surface area contributed by atoms with Crippen molar-refractivity contribution >= 4 is 33.6 Å². The maximum atomic E-state index is 14.2. The van der Waals surface area contributed by atoms with Gasteiger partial charge in [0.2, 0.25) is 21.8 Å². The van der Waals surface area contributed by atoms with E-state index in [-0.39, 0.29) is 66.2 Å². The zero-order valence-corrected chi connectivity index (χ0v) is 30.3. The van der Waals surface area contributed by atoms with Gasteiger partial charge >= 0.3 is 6.18 Å². The summed E-state index contributed by atoms with van der Waals surface area (Å²) in [5.41, 5.74) is 0.665. The van der Waals surface area contributed by atoms with E-state index in [1.165, 1.54) is 41.7 Å². The van der Waals surface area contributed by atoms with Crippen molar-refractivity contribution in [3.8, 4) is 11.3 Å². The standard InChI is InChI=1S/C35H43F3N8O6S/c1-22(47)41-31-17-24(7-11-39-31)34(50)40-18-25-16-23(5-6-29(25)35(36,37)38)33-28-21-44(53(2,51)52)15-10-30(28)46(42-33)20-27(48)19-43-13-8-26(9-14-43)45-12-3-4-32(45)49/h5-7,11,16-17,26-27,48H,3-4,8-10,12-15,18-21H2,1-2H3,(H,40,50)(H,39,41,47). The molecule has 286 valence electrons. The van der Waals surface area contributed by atoms with E-state index >= 15 is 0 Å². The van der Waals surface area contributed by atoms with Crippen molar-refractivity contribution in [1.29, 1.82) is 0 Å². The number of piperidine rings is 1. The van der Waals surface area contributed by atoms with Crippen LogP contribution in [0.1, 0.15) is 65.3 Å². The number of hydrogen-bond acceptors (Lipinski definition) is 9. The van der Waals surface area contributed by atoms with Crippen LogP contribution in [0.25, 0.3) is 11.3 Å². The quantitative estimate of drug-likeness (QED) is 0.266. The van der Waals surface area contributed by atoms with Crippen molar-refractivity contribution in [3.05, 3.63) is 64.5 Å².